The molecular weight excluding hydrogens is 445 g/mol. The lowest BCUT2D eigenvalue weighted by atomic mass is 9.94. The lowest BCUT2D eigenvalue weighted by molar-refractivity contribution is -0.135. The van der Waals surface area contributed by atoms with Gasteiger partial charge in [-0.15, -0.1) is 0 Å². The number of pyridine rings is 1. The fourth-order valence-electron chi connectivity index (χ4n) is 5.22. The highest BCUT2D eigenvalue weighted by atomic mass is 19.1. The van der Waals surface area contributed by atoms with Gasteiger partial charge in [-0.1, -0.05) is 19.3 Å². The van der Waals surface area contributed by atoms with Crippen LogP contribution in [0.4, 0.5) is 4.39 Å². The summed E-state index contributed by atoms with van der Waals surface area (Å²) in [6, 6.07) is 10.6. The Morgan fingerprint density at radius 2 is 1.80 bits per heavy atom. The van der Waals surface area contributed by atoms with Crippen LogP contribution in [0.5, 0.6) is 0 Å². The number of ether oxygens (including phenoxy) is 1. The minimum absolute atomic E-state index is 0.0993. The number of benzene rings is 1. The second-order valence-electron chi connectivity index (χ2n) is 9.57. The van der Waals surface area contributed by atoms with E-state index in [-0.39, 0.29) is 17.8 Å². The van der Waals surface area contributed by atoms with Gasteiger partial charge in [0.1, 0.15) is 5.82 Å². The molecule has 1 saturated heterocycles. The molecule has 1 atom stereocenters. The highest BCUT2D eigenvalue weighted by molar-refractivity contribution is 5.79. The molecule has 1 N–H and O–H groups in total. The van der Waals surface area contributed by atoms with Crippen LogP contribution in [0, 0.1) is 5.82 Å². The molecule has 1 aliphatic carbocycles. The van der Waals surface area contributed by atoms with E-state index in [1.54, 1.807) is 30.7 Å². The van der Waals surface area contributed by atoms with Gasteiger partial charge in [-0.05, 0) is 54.8 Å². The predicted molar refractivity (Wildman–Crippen MR) is 131 cm³/mol. The van der Waals surface area contributed by atoms with Crippen molar-refractivity contribution in [3.63, 3.8) is 0 Å². The third-order valence-corrected chi connectivity index (χ3v) is 7.04. The number of amides is 1. The maximum atomic E-state index is 13.4. The summed E-state index contributed by atoms with van der Waals surface area (Å²) < 4.78 is 19.8. The number of nitrogens with zero attached hydrogens (tertiary/aromatic N) is 4. The second kappa shape index (κ2) is 11.1. The standard InChI is InChI=1S/C27H32FN5O2/c28-23-8-6-21(7-9-23)27-22(14-30-31-27)15-32-16-25(35-19-20-10-12-29-13-11-20)17-33(26(34)18-32)24-4-2-1-3-5-24/h6-14,24-25H,1-5,15-19H2,(H,30,31). The van der Waals surface area contributed by atoms with Crippen LogP contribution >= 0.6 is 0 Å². The summed E-state index contributed by atoms with van der Waals surface area (Å²) in [5.41, 5.74) is 3.76. The van der Waals surface area contributed by atoms with E-state index in [1.165, 1.54) is 31.4 Å². The summed E-state index contributed by atoms with van der Waals surface area (Å²) in [6.45, 7) is 2.65. The average Bonchev–Trinajstić information content (AvgIpc) is 3.28. The van der Waals surface area contributed by atoms with Gasteiger partial charge in [0, 0.05) is 49.2 Å². The molecule has 5 rings (SSSR count). The number of aromatic nitrogens is 3. The highest BCUT2D eigenvalue weighted by Crippen LogP contribution is 2.27. The molecule has 7 nitrogen and oxygen atoms in total. The first-order valence-electron chi connectivity index (χ1n) is 12.5. The molecule has 2 aromatic heterocycles. The van der Waals surface area contributed by atoms with E-state index < -0.39 is 0 Å². The van der Waals surface area contributed by atoms with Gasteiger partial charge in [0.05, 0.1) is 31.1 Å². The van der Waals surface area contributed by atoms with Gasteiger partial charge >= 0.3 is 0 Å². The number of nitrogens with one attached hydrogen (secondary N) is 1. The summed E-state index contributed by atoms with van der Waals surface area (Å²) in [7, 11) is 0. The molecule has 3 aromatic rings. The first kappa shape index (κ1) is 23.6. The van der Waals surface area contributed by atoms with Crippen LogP contribution in [0.3, 0.4) is 0 Å². The van der Waals surface area contributed by atoms with Crippen LogP contribution in [-0.4, -0.2) is 62.7 Å². The van der Waals surface area contributed by atoms with Gasteiger partial charge < -0.3 is 9.64 Å². The van der Waals surface area contributed by atoms with Crippen LogP contribution in [0.15, 0.2) is 55.0 Å². The van der Waals surface area contributed by atoms with E-state index in [9.17, 15) is 9.18 Å². The third kappa shape index (κ3) is 5.94. The molecule has 0 radical (unpaired) electrons. The number of H-pyrrole nitrogens is 1. The highest BCUT2D eigenvalue weighted by Gasteiger charge is 2.33. The number of halogens is 1. The van der Waals surface area contributed by atoms with E-state index in [0.717, 1.165) is 35.2 Å². The van der Waals surface area contributed by atoms with E-state index in [4.69, 9.17) is 4.74 Å². The Bertz CT molecular complexity index is 1100. The molecule has 1 aromatic carbocycles. The van der Waals surface area contributed by atoms with Crippen LogP contribution in [-0.2, 0) is 22.7 Å². The van der Waals surface area contributed by atoms with E-state index in [2.05, 4.69) is 25.0 Å². The molecule has 0 bridgehead atoms. The van der Waals surface area contributed by atoms with Crippen LogP contribution in [0.2, 0.25) is 0 Å². The second-order valence-corrected chi connectivity index (χ2v) is 9.57. The number of hydrogen-bond donors (Lipinski definition) is 1. The molecule has 1 unspecified atom stereocenters. The Labute approximate surface area is 205 Å². The zero-order chi connectivity index (χ0) is 24.0. The van der Waals surface area contributed by atoms with Crippen molar-refractivity contribution < 1.29 is 13.9 Å². The van der Waals surface area contributed by atoms with E-state index >= 15 is 0 Å². The molecule has 8 heteroatoms. The quantitative estimate of drug-likeness (QED) is 0.553. The van der Waals surface area contributed by atoms with Gasteiger partial charge in [0.2, 0.25) is 5.91 Å². The number of carbonyl (C=O) groups excluding carboxylic acids is 1. The smallest absolute Gasteiger partial charge is 0.237 e. The maximum Gasteiger partial charge on any atom is 0.237 e. The van der Waals surface area contributed by atoms with Gasteiger partial charge in [-0.3, -0.25) is 19.8 Å². The maximum absolute atomic E-state index is 13.4. The molecule has 2 aliphatic rings. The molecule has 0 spiro atoms. The predicted octanol–water partition coefficient (Wildman–Crippen LogP) is 4.17. The van der Waals surface area contributed by atoms with E-state index in [1.807, 2.05) is 12.1 Å². The van der Waals surface area contributed by atoms with Crippen molar-refractivity contribution in [1.29, 1.82) is 0 Å². The average molecular weight is 478 g/mol. The van der Waals surface area contributed by atoms with Crippen molar-refractivity contribution in [2.24, 2.45) is 0 Å². The number of carbonyl (C=O) groups is 1. The number of aromatic amines is 1. The molecule has 3 heterocycles. The summed E-state index contributed by atoms with van der Waals surface area (Å²) >= 11 is 0. The van der Waals surface area contributed by atoms with Crippen LogP contribution in [0.25, 0.3) is 11.3 Å². The van der Waals surface area contributed by atoms with Crippen LogP contribution < -0.4 is 0 Å². The summed E-state index contributed by atoms with van der Waals surface area (Å²) in [6.07, 6.45) is 11.0. The van der Waals surface area contributed by atoms with Crippen LogP contribution in [0.1, 0.15) is 43.2 Å². The first-order valence-corrected chi connectivity index (χ1v) is 12.5. The van der Waals surface area contributed by atoms with Crippen molar-refractivity contribution in [2.45, 2.75) is 57.4 Å². The van der Waals surface area contributed by atoms with Crippen molar-refractivity contribution in [2.75, 3.05) is 19.6 Å². The van der Waals surface area contributed by atoms with Gasteiger partial charge in [-0.25, -0.2) is 4.39 Å². The van der Waals surface area contributed by atoms with Crippen molar-refractivity contribution in [1.82, 2.24) is 25.0 Å². The first-order chi connectivity index (χ1) is 17.2. The lowest BCUT2D eigenvalue weighted by Gasteiger charge is -2.35. The summed E-state index contributed by atoms with van der Waals surface area (Å²) in [5.74, 6) is -0.108. The molecular formula is C27H32FN5O2. The number of rotatable bonds is 7. The minimum Gasteiger partial charge on any atom is -0.370 e. The normalized spacial score (nSPS) is 20.2. The minimum atomic E-state index is -0.273. The fraction of sp³-hybridized carbons (Fsp3) is 0.444. The Morgan fingerprint density at radius 3 is 2.57 bits per heavy atom. The Hall–Kier alpha value is -3.10. The zero-order valence-corrected chi connectivity index (χ0v) is 19.9. The zero-order valence-electron chi connectivity index (χ0n) is 19.9. The van der Waals surface area contributed by atoms with Gasteiger partial charge in [0.15, 0.2) is 0 Å². The Balaban J connectivity index is 1.34. The largest absolute Gasteiger partial charge is 0.370 e. The van der Waals surface area contributed by atoms with E-state index in [0.29, 0.717) is 38.8 Å². The molecule has 1 amide bonds. The van der Waals surface area contributed by atoms with Crippen molar-refractivity contribution in [3.8, 4) is 11.3 Å². The SMILES string of the molecule is O=C1CN(Cc2cn[nH]c2-c2ccc(F)cc2)CC(OCc2ccncc2)CN1C1CCCCC1. The van der Waals surface area contributed by atoms with Crippen molar-refractivity contribution in [3.05, 3.63) is 71.9 Å². The lowest BCUT2D eigenvalue weighted by Crippen LogP contribution is -2.45. The molecule has 1 aliphatic heterocycles. The van der Waals surface area contributed by atoms with Crippen molar-refractivity contribution >= 4 is 5.91 Å². The molecule has 35 heavy (non-hydrogen) atoms. The molecule has 1 saturated carbocycles. The third-order valence-electron chi connectivity index (χ3n) is 7.04. The van der Waals surface area contributed by atoms with Gasteiger partial charge in [-0.2, -0.15) is 5.10 Å². The number of hydrogen-bond acceptors (Lipinski definition) is 5. The fourth-order valence-corrected chi connectivity index (χ4v) is 5.22. The Kier molecular flexibility index (Phi) is 7.49. The summed E-state index contributed by atoms with van der Waals surface area (Å²) in [5, 5.41) is 7.28. The van der Waals surface area contributed by atoms with Gasteiger partial charge in [0.25, 0.3) is 0 Å². The molecule has 184 valence electrons. The summed E-state index contributed by atoms with van der Waals surface area (Å²) in [4.78, 5) is 21.7. The Morgan fingerprint density at radius 1 is 1.03 bits per heavy atom. The topological polar surface area (TPSA) is 74.3 Å². The molecule has 2 fully saturated rings. The monoisotopic (exact) mass is 477 g/mol.